The topological polar surface area (TPSA) is 53.7 Å². The average Bonchev–Trinajstić information content (AvgIpc) is 3.35. The standard InChI is InChI=1S/C33H34F3N5O/c1-23-7-9-26(20-25(23)11-12-28-21-37-31-6-5-13-38-41(28)31)30(42)19-24-8-10-27(29(18-24)33(34,35)36)22-39-14-16-40(17-15-39)32(2,3)4/h5-10,13,18,20-21H,14-17,19,22H2,1-4H3. The molecule has 3 heterocycles. The largest absolute Gasteiger partial charge is 0.416 e. The second kappa shape index (κ2) is 11.7. The molecule has 0 aliphatic carbocycles. The Hall–Kier alpha value is -4.00. The van der Waals surface area contributed by atoms with Gasteiger partial charge >= 0.3 is 6.18 Å². The van der Waals surface area contributed by atoms with Crippen LogP contribution in [0.3, 0.4) is 0 Å². The SMILES string of the molecule is Cc1ccc(C(=O)Cc2ccc(CN3CCN(C(C)(C)C)CC3)c(C(F)(F)F)c2)cc1C#Cc1cnc2cccnn12. The Morgan fingerprint density at radius 3 is 2.45 bits per heavy atom. The summed E-state index contributed by atoms with van der Waals surface area (Å²) >= 11 is 0. The molecule has 0 atom stereocenters. The van der Waals surface area contributed by atoms with Gasteiger partial charge < -0.3 is 0 Å². The maximum absolute atomic E-state index is 14.1. The monoisotopic (exact) mass is 573 g/mol. The molecule has 1 aliphatic heterocycles. The summed E-state index contributed by atoms with van der Waals surface area (Å²) in [6, 6.07) is 13.1. The number of halogens is 3. The number of Topliss-reactive ketones (excluding diaryl/α,β-unsaturated/α-hetero) is 1. The molecule has 1 saturated heterocycles. The molecular weight excluding hydrogens is 539 g/mol. The Balaban J connectivity index is 1.32. The molecule has 0 spiro atoms. The van der Waals surface area contributed by atoms with Gasteiger partial charge in [0.1, 0.15) is 5.69 Å². The molecule has 0 unspecified atom stereocenters. The summed E-state index contributed by atoms with van der Waals surface area (Å²) in [5.41, 5.74) is 3.15. The van der Waals surface area contributed by atoms with Crippen molar-refractivity contribution in [1.82, 2.24) is 24.4 Å². The van der Waals surface area contributed by atoms with Crippen molar-refractivity contribution >= 4 is 11.4 Å². The van der Waals surface area contributed by atoms with Crippen LogP contribution in [0.25, 0.3) is 5.65 Å². The summed E-state index contributed by atoms with van der Waals surface area (Å²) in [4.78, 5) is 21.9. The third kappa shape index (κ3) is 6.72. The molecule has 1 aliphatic rings. The van der Waals surface area contributed by atoms with Crippen molar-refractivity contribution in [3.8, 4) is 11.8 Å². The zero-order valence-electron chi connectivity index (χ0n) is 24.3. The van der Waals surface area contributed by atoms with E-state index in [2.05, 4.69) is 52.5 Å². The zero-order chi connectivity index (χ0) is 30.1. The van der Waals surface area contributed by atoms with Gasteiger partial charge in [0.2, 0.25) is 0 Å². The fraction of sp³-hybridized carbons (Fsp3) is 0.364. The number of carbonyl (C=O) groups is 1. The van der Waals surface area contributed by atoms with E-state index in [-0.39, 0.29) is 29.9 Å². The van der Waals surface area contributed by atoms with E-state index in [9.17, 15) is 18.0 Å². The van der Waals surface area contributed by atoms with Crippen molar-refractivity contribution in [1.29, 1.82) is 0 Å². The fourth-order valence-electron chi connectivity index (χ4n) is 5.22. The fourth-order valence-corrected chi connectivity index (χ4v) is 5.22. The summed E-state index contributed by atoms with van der Waals surface area (Å²) in [5, 5.41) is 4.26. The highest BCUT2D eigenvalue weighted by molar-refractivity contribution is 5.98. The van der Waals surface area contributed by atoms with Gasteiger partial charge in [-0.1, -0.05) is 30.2 Å². The third-order valence-corrected chi connectivity index (χ3v) is 7.72. The lowest BCUT2D eigenvalue weighted by Crippen LogP contribution is -2.53. The molecule has 6 nitrogen and oxygen atoms in total. The molecule has 4 aromatic rings. The summed E-state index contributed by atoms with van der Waals surface area (Å²) in [7, 11) is 0. The van der Waals surface area contributed by atoms with Gasteiger partial charge in [-0.25, -0.2) is 9.50 Å². The molecule has 5 rings (SSSR count). The maximum atomic E-state index is 14.1. The van der Waals surface area contributed by atoms with E-state index in [4.69, 9.17) is 0 Å². The van der Waals surface area contributed by atoms with E-state index in [0.29, 0.717) is 41.1 Å². The lowest BCUT2D eigenvalue weighted by Gasteiger charge is -2.42. The molecule has 0 amide bonds. The molecule has 1 fully saturated rings. The van der Waals surface area contributed by atoms with Crippen LogP contribution in [-0.2, 0) is 19.1 Å². The molecule has 2 aromatic heterocycles. The number of imidazole rings is 1. The van der Waals surface area contributed by atoms with Crippen LogP contribution in [0.15, 0.2) is 60.9 Å². The van der Waals surface area contributed by atoms with Gasteiger partial charge in [-0.3, -0.25) is 14.6 Å². The predicted molar refractivity (Wildman–Crippen MR) is 156 cm³/mol. The number of hydrogen-bond acceptors (Lipinski definition) is 5. The number of benzene rings is 2. The molecule has 218 valence electrons. The van der Waals surface area contributed by atoms with Gasteiger partial charge in [0.05, 0.1) is 11.8 Å². The van der Waals surface area contributed by atoms with Crippen molar-refractivity contribution in [2.45, 2.75) is 52.4 Å². The molecule has 0 saturated carbocycles. The molecule has 9 heteroatoms. The summed E-state index contributed by atoms with van der Waals surface area (Å²) in [5.74, 6) is 5.88. The molecule has 0 N–H and O–H groups in total. The molecule has 2 aromatic carbocycles. The number of ketones is 1. The van der Waals surface area contributed by atoms with Crippen LogP contribution in [0.4, 0.5) is 13.2 Å². The van der Waals surface area contributed by atoms with Crippen molar-refractivity contribution < 1.29 is 18.0 Å². The first-order valence-corrected chi connectivity index (χ1v) is 14.0. The quantitative estimate of drug-likeness (QED) is 0.223. The third-order valence-electron chi connectivity index (χ3n) is 7.72. The second-order valence-corrected chi connectivity index (χ2v) is 11.7. The highest BCUT2D eigenvalue weighted by atomic mass is 19.4. The van der Waals surface area contributed by atoms with Crippen molar-refractivity contribution in [2.24, 2.45) is 0 Å². The Bertz CT molecular complexity index is 1660. The first-order chi connectivity index (χ1) is 19.9. The maximum Gasteiger partial charge on any atom is 0.416 e. The first kappa shape index (κ1) is 29.5. The van der Waals surface area contributed by atoms with E-state index >= 15 is 0 Å². The van der Waals surface area contributed by atoms with Crippen LogP contribution in [-0.4, -0.2) is 61.9 Å². The average molecular weight is 574 g/mol. The number of nitrogens with zero attached hydrogens (tertiary/aromatic N) is 5. The minimum Gasteiger partial charge on any atom is -0.297 e. The van der Waals surface area contributed by atoms with Crippen LogP contribution in [0.2, 0.25) is 0 Å². The number of rotatable bonds is 5. The second-order valence-electron chi connectivity index (χ2n) is 11.7. The number of hydrogen-bond donors (Lipinski definition) is 0. The Labute approximate surface area is 244 Å². The number of fused-ring (bicyclic) bond motifs is 1. The summed E-state index contributed by atoms with van der Waals surface area (Å²) < 4.78 is 44.0. The van der Waals surface area contributed by atoms with Gasteiger partial charge in [0, 0.05) is 62.0 Å². The van der Waals surface area contributed by atoms with Gasteiger partial charge in [-0.05, 0) is 74.6 Å². The number of alkyl halides is 3. The van der Waals surface area contributed by atoms with Crippen molar-refractivity contribution in [3.63, 3.8) is 0 Å². The van der Waals surface area contributed by atoms with Gasteiger partial charge in [0.15, 0.2) is 11.4 Å². The minimum atomic E-state index is -4.51. The first-order valence-electron chi connectivity index (χ1n) is 14.0. The predicted octanol–water partition coefficient (Wildman–Crippen LogP) is 5.80. The van der Waals surface area contributed by atoms with Gasteiger partial charge in [-0.2, -0.15) is 18.3 Å². The Kier molecular flexibility index (Phi) is 8.22. The van der Waals surface area contributed by atoms with Crippen LogP contribution in [0.5, 0.6) is 0 Å². The van der Waals surface area contributed by atoms with E-state index in [1.165, 1.54) is 6.07 Å². The molecule has 0 radical (unpaired) electrons. The van der Waals surface area contributed by atoms with E-state index in [1.807, 2.05) is 13.0 Å². The normalized spacial score (nSPS) is 15.0. The summed E-state index contributed by atoms with van der Waals surface area (Å²) in [6.07, 6.45) is -1.37. The highest BCUT2D eigenvalue weighted by Crippen LogP contribution is 2.34. The Morgan fingerprint density at radius 2 is 1.74 bits per heavy atom. The smallest absolute Gasteiger partial charge is 0.297 e. The number of carbonyl (C=O) groups excluding carboxylic acids is 1. The van der Waals surface area contributed by atoms with Crippen molar-refractivity contribution in [3.05, 3.63) is 100.0 Å². The minimum absolute atomic E-state index is 0.0364. The van der Waals surface area contributed by atoms with E-state index in [0.717, 1.165) is 24.7 Å². The van der Waals surface area contributed by atoms with Crippen molar-refractivity contribution in [2.75, 3.05) is 26.2 Å². The lowest BCUT2D eigenvalue weighted by atomic mass is 9.96. The van der Waals surface area contributed by atoms with Crippen LogP contribution < -0.4 is 0 Å². The zero-order valence-corrected chi connectivity index (χ0v) is 24.3. The number of aryl methyl sites for hydroxylation is 1. The molecule has 42 heavy (non-hydrogen) atoms. The summed E-state index contributed by atoms with van der Waals surface area (Å²) in [6.45, 7) is 11.6. The van der Waals surface area contributed by atoms with Gasteiger partial charge in [-0.15, -0.1) is 0 Å². The Morgan fingerprint density at radius 1 is 0.976 bits per heavy atom. The van der Waals surface area contributed by atoms with Crippen LogP contribution in [0.1, 0.15) is 64.6 Å². The van der Waals surface area contributed by atoms with E-state index in [1.54, 1.807) is 47.2 Å². The highest BCUT2D eigenvalue weighted by Gasteiger charge is 2.35. The lowest BCUT2D eigenvalue weighted by molar-refractivity contribution is -0.138. The number of aromatic nitrogens is 3. The van der Waals surface area contributed by atoms with Crippen LogP contribution in [0, 0.1) is 18.8 Å². The van der Waals surface area contributed by atoms with Gasteiger partial charge in [0.25, 0.3) is 0 Å². The molecule has 0 bridgehead atoms. The number of piperazine rings is 1. The van der Waals surface area contributed by atoms with E-state index < -0.39 is 11.7 Å². The molecular formula is C33H34F3N5O. The van der Waals surface area contributed by atoms with Crippen LogP contribution >= 0.6 is 0 Å².